The van der Waals surface area contributed by atoms with E-state index in [2.05, 4.69) is 10.0 Å². The zero-order valence-corrected chi connectivity index (χ0v) is 13.4. The van der Waals surface area contributed by atoms with Crippen molar-refractivity contribution in [2.45, 2.75) is 31.3 Å². The number of hydrogen-bond acceptors (Lipinski definition) is 4. The maximum Gasteiger partial charge on any atom is 0.245 e. The van der Waals surface area contributed by atoms with Gasteiger partial charge in [0.2, 0.25) is 15.9 Å². The molecule has 0 aromatic heterocycles. The van der Waals surface area contributed by atoms with Crippen molar-refractivity contribution in [2.75, 3.05) is 24.7 Å². The number of hydrogen-bond donors (Lipinski definition) is 2. The number of rotatable bonds is 3. The van der Waals surface area contributed by atoms with Crippen LogP contribution in [-0.4, -0.2) is 50.7 Å². The monoisotopic (exact) mass is 323 g/mol. The normalized spacial score (nSPS) is 24.7. The van der Waals surface area contributed by atoms with Gasteiger partial charge in [-0.3, -0.25) is 4.79 Å². The molecule has 0 aliphatic carbocycles. The highest BCUT2D eigenvalue weighted by atomic mass is 32.2. The molecule has 1 aromatic rings. The van der Waals surface area contributed by atoms with Gasteiger partial charge in [0.15, 0.2) is 0 Å². The van der Waals surface area contributed by atoms with Gasteiger partial charge in [0.1, 0.15) is 6.04 Å². The van der Waals surface area contributed by atoms with Crippen molar-refractivity contribution in [1.82, 2.24) is 9.62 Å². The van der Waals surface area contributed by atoms with Crippen molar-refractivity contribution in [3.8, 4) is 0 Å². The van der Waals surface area contributed by atoms with E-state index in [0.29, 0.717) is 19.5 Å². The first kappa shape index (κ1) is 15.3. The molecule has 0 unspecified atom stereocenters. The van der Waals surface area contributed by atoms with Crippen LogP contribution in [0.25, 0.3) is 0 Å². The maximum atomic E-state index is 12.7. The minimum absolute atomic E-state index is 0.0520. The Kier molecular flexibility index (Phi) is 4.10. The van der Waals surface area contributed by atoms with Crippen LogP contribution < -0.4 is 10.0 Å². The smallest absolute Gasteiger partial charge is 0.245 e. The third-order valence-electron chi connectivity index (χ3n) is 4.18. The number of para-hydroxylation sites is 1. The molecule has 2 aliphatic rings. The summed E-state index contributed by atoms with van der Waals surface area (Å²) < 4.78 is 25.3. The van der Waals surface area contributed by atoms with Crippen LogP contribution in [0.15, 0.2) is 24.3 Å². The zero-order valence-electron chi connectivity index (χ0n) is 12.6. The molecule has 2 atom stereocenters. The summed E-state index contributed by atoms with van der Waals surface area (Å²) in [5, 5.41) is 3.26. The third-order valence-corrected chi connectivity index (χ3v) is 4.94. The number of carbonyl (C=O) groups excluding carboxylic acids is 1. The first-order chi connectivity index (χ1) is 10.4. The Morgan fingerprint density at radius 1 is 1.36 bits per heavy atom. The number of fused-ring (bicyclic) bond motifs is 1. The van der Waals surface area contributed by atoms with E-state index in [9.17, 15) is 13.2 Å². The van der Waals surface area contributed by atoms with Gasteiger partial charge in [0.25, 0.3) is 0 Å². The molecule has 0 radical (unpaired) electrons. The molecule has 7 heteroatoms. The van der Waals surface area contributed by atoms with E-state index in [4.69, 9.17) is 0 Å². The number of carbonyl (C=O) groups is 1. The SMILES string of the molecule is CS(=O)(=O)N[C@H]1CCCN(C(=O)[C@H]2Cc3ccccc3N2)C1. The van der Waals surface area contributed by atoms with E-state index in [1.54, 1.807) is 4.90 Å². The fourth-order valence-electron chi connectivity index (χ4n) is 3.24. The van der Waals surface area contributed by atoms with Crippen molar-refractivity contribution in [3.05, 3.63) is 29.8 Å². The van der Waals surface area contributed by atoms with Gasteiger partial charge in [-0.2, -0.15) is 0 Å². The van der Waals surface area contributed by atoms with Crippen LogP contribution in [0, 0.1) is 0 Å². The van der Waals surface area contributed by atoms with Gasteiger partial charge in [0.05, 0.1) is 6.26 Å². The van der Waals surface area contributed by atoms with E-state index in [1.807, 2.05) is 24.3 Å². The van der Waals surface area contributed by atoms with Gasteiger partial charge >= 0.3 is 0 Å². The first-order valence-electron chi connectivity index (χ1n) is 7.53. The topological polar surface area (TPSA) is 78.5 Å². The lowest BCUT2D eigenvalue weighted by molar-refractivity contribution is -0.133. The predicted molar refractivity (Wildman–Crippen MR) is 85.1 cm³/mol. The molecule has 1 aromatic carbocycles. The fraction of sp³-hybridized carbons (Fsp3) is 0.533. The number of likely N-dealkylation sites (tertiary alicyclic amines) is 1. The van der Waals surface area contributed by atoms with Gasteiger partial charge < -0.3 is 10.2 Å². The number of nitrogens with zero attached hydrogens (tertiary/aromatic N) is 1. The van der Waals surface area contributed by atoms with Gasteiger partial charge in [-0.15, -0.1) is 0 Å². The van der Waals surface area contributed by atoms with Crippen molar-refractivity contribution in [1.29, 1.82) is 0 Å². The molecule has 1 fully saturated rings. The van der Waals surface area contributed by atoms with Crippen LogP contribution in [0.2, 0.25) is 0 Å². The van der Waals surface area contributed by atoms with Crippen LogP contribution in [0.3, 0.4) is 0 Å². The number of nitrogens with one attached hydrogen (secondary N) is 2. The summed E-state index contributed by atoms with van der Waals surface area (Å²) in [5.74, 6) is 0.0520. The second kappa shape index (κ2) is 5.89. The average molecular weight is 323 g/mol. The van der Waals surface area contributed by atoms with Crippen molar-refractivity contribution >= 4 is 21.6 Å². The molecular formula is C15H21N3O3S. The molecule has 0 saturated carbocycles. The Bertz CT molecular complexity index is 649. The van der Waals surface area contributed by atoms with Crippen molar-refractivity contribution in [2.24, 2.45) is 0 Å². The molecule has 1 amide bonds. The summed E-state index contributed by atoms with van der Waals surface area (Å²) >= 11 is 0. The second-order valence-electron chi connectivity index (χ2n) is 6.07. The molecule has 2 N–H and O–H groups in total. The molecule has 120 valence electrons. The minimum Gasteiger partial charge on any atom is -0.373 e. The van der Waals surface area contributed by atoms with Crippen LogP contribution in [0.5, 0.6) is 0 Å². The van der Waals surface area contributed by atoms with Gasteiger partial charge in [0, 0.05) is 31.2 Å². The Morgan fingerprint density at radius 3 is 2.86 bits per heavy atom. The highest BCUT2D eigenvalue weighted by Gasteiger charge is 2.33. The first-order valence-corrected chi connectivity index (χ1v) is 9.42. The lowest BCUT2D eigenvalue weighted by Gasteiger charge is -2.34. The quantitative estimate of drug-likeness (QED) is 0.852. The second-order valence-corrected chi connectivity index (χ2v) is 7.85. The molecule has 1 saturated heterocycles. The number of anilines is 1. The minimum atomic E-state index is -3.24. The molecule has 6 nitrogen and oxygen atoms in total. The van der Waals surface area contributed by atoms with Crippen molar-refractivity contribution < 1.29 is 13.2 Å². The Hall–Kier alpha value is -1.60. The van der Waals surface area contributed by atoms with E-state index < -0.39 is 10.0 Å². The van der Waals surface area contributed by atoms with Gasteiger partial charge in [-0.1, -0.05) is 18.2 Å². The summed E-state index contributed by atoms with van der Waals surface area (Å²) in [7, 11) is -3.24. The summed E-state index contributed by atoms with van der Waals surface area (Å²) in [6.07, 6.45) is 3.44. The van der Waals surface area contributed by atoms with Crippen LogP contribution in [-0.2, 0) is 21.2 Å². The van der Waals surface area contributed by atoms with Gasteiger partial charge in [-0.05, 0) is 24.5 Å². The largest absolute Gasteiger partial charge is 0.373 e. The van der Waals surface area contributed by atoms with Crippen LogP contribution >= 0.6 is 0 Å². The highest BCUT2D eigenvalue weighted by Crippen LogP contribution is 2.26. The number of sulfonamides is 1. The van der Waals surface area contributed by atoms with Crippen LogP contribution in [0.1, 0.15) is 18.4 Å². The van der Waals surface area contributed by atoms with Crippen molar-refractivity contribution in [3.63, 3.8) is 0 Å². The summed E-state index contributed by atoms with van der Waals surface area (Å²) in [6.45, 7) is 1.13. The number of amides is 1. The van der Waals surface area contributed by atoms with E-state index in [-0.39, 0.29) is 18.0 Å². The van der Waals surface area contributed by atoms with Crippen LogP contribution in [0.4, 0.5) is 5.69 Å². The standard InChI is InChI=1S/C15H21N3O3S/c1-22(20,21)17-12-6-4-8-18(10-12)15(19)14-9-11-5-2-3-7-13(11)16-14/h2-3,5,7,12,14,16-17H,4,6,8-10H2,1H3/t12-,14+/m0/s1. The van der Waals surface area contributed by atoms with E-state index in [0.717, 1.165) is 30.3 Å². The zero-order chi connectivity index (χ0) is 15.7. The Labute approximate surface area is 130 Å². The summed E-state index contributed by atoms with van der Waals surface area (Å²) in [5.41, 5.74) is 2.17. The number of piperidine rings is 1. The predicted octanol–water partition coefficient (Wildman–Crippen LogP) is 0.563. The molecule has 22 heavy (non-hydrogen) atoms. The Balaban J connectivity index is 1.63. The summed E-state index contributed by atoms with van der Waals surface area (Å²) in [4.78, 5) is 14.4. The summed E-state index contributed by atoms with van der Waals surface area (Å²) in [6, 6.07) is 7.50. The molecule has 3 rings (SSSR count). The third kappa shape index (κ3) is 3.41. The molecular weight excluding hydrogens is 302 g/mol. The van der Waals surface area contributed by atoms with Gasteiger partial charge in [-0.25, -0.2) is 13.1 Å². The Morgan fingerprint density at radius 2 is 2.14 bits per heavy atom. The lowest BCUT2D eigenvalue weighted by atomic mass is 10.0. The maximum absolute atomic E-state index is 12.7. The fourth-order valence-corrected chi connectivity index (χ4v) is 4.04. The molecule has 2 heterocycles. The highest BCUT2D eigenvalue weighted by molar-refractivity contribution is 7.88. The average Bonchev–Trinajstić information content (AvgIpc) is 2.88. The molecule has 0 bridgehead atoms. The van der Waals surface area contributed by atoms with E-state index in [1.165, 1.54) is 0 Å². The van der Waals surface area contributed by atoms with E-state index >= 15 is 0 Å². The molecule has 2 aliphatic heterocycles. The lowest BCUT2D eigenvalue weighted by Crippen LogP contribution is -2.52. The molecule has 0 spiro atoms. The number of benzene rings is 1.